The fourth-order valence-corrected chi connectivity index (χ4v) is 9.78. The van der Waals surface area contributed by atoms with Crippen LogP contribution in [0.15, 0.2) is 72.8 Å². The highest BCUT2D eigenvalue weighted by molar-refractivity contribution is 7.48. The highest BCUT2D eigenvalue weighted by atomic mass is 31.2. The molecule has 56 heavy (non-hydrogen) atoms. The summed E-state index contributed by atoms with van der Waals surface area (Å²) in [5.74, 6) is 0.572. The Bertz CT molecular complexity index is 2050. The molecule has 298 valence electrons. The minimum Gasteiger partial charge on any atom is -0.449 e. The molecule has 1 aromatic heterocycles. The van der Waals surface area contributed by atoms with E-state index in [9.17, 15) is 14.2 Å². The first-order valence-corrected chi connectivity index (χ1v) is 21.2. The Morgan fingerprint density at radius 2 is 1.36 bits per heavy atom. The maximum atomic E-state index is 14.1. The fourth-order valence-electron chi connectivity index (χ4n) is 8.04. The largest absolute Gasteiger partial charge is 0.477 e. The molecule has 11 nitrogen and oxygen atoms in total. The quantitative estimate of drug-likeness (QED) is 0.121. The van der Waals surface area contributed by atoms with Gasteiger partial charge in [-0.2, -0.15) is 5.10 Å². The van der Waals surface area contributed by atoms with Crippen molar-refractivity contribution >= 4 is 25.5 Å². The molecule has 2 saturated carbocycles. The standard InChI is InChI=1S/C44H55N4O7P/c1-27-38(28(2)48(47-27)26-53-56(51,54-43(3,4)5)55-44(6,7)8)29-21-23-32(24-22-29)45-41(49)40(39(30-17-18-30)31-19-20-31)46-42(50)52-25-37-35-15-11-9-13-33(35)34-14-10-12-16-36(34)37/h9-16,21-24,30-31,37,39-40H,17-20,25-26H2,1-8H3,(H,45,49)(H,46,50). The minimum absolute atomic E-state index is 0.0611. The van der Waals surface area contributed by atoms with Gasteiger partial charge in [-0.1, -0.05) is 60.7 Å². The number of phosphoric acid groups is 1. The summed E-state index contributed by atoms with van der Waals surface area (Å²) in [5.41, 5.74) is 7.06. The second kappa shape index (κ2) is 15.6. The Kier molecular flexibility index (Phi) is 11.1. The van der Waals surface area contributed by atoms with Crippen molar-refractivity contribution in [2.45, 2.75) is 111 Å². The number of nitrogens with one attached hydrogen (secondary N) is 2. The van der Waals surface area contributed by atoms with Crippen molar-refractivity contribution < 1.29 is 32.5 Å². The van der Waals surface area contributed by atoms with E-state index in [4.69, 9.17) is 18.3 Å². The number of aryl methyl sites for hydroxylation is 1. The zero-order valence-corrected chi connectivity index (χ0v) is 34.7. The predicted molar refractivity (Wildman–Crippen MR) is 217 cm³/mol. The number of anilines is 1. The lowest BCUT2D eigenvalue weighted by molar-refractivity contribution is -0.119. The number of phosphoric ester groups is 1. The summed E-state index contributed by atoms with van der Waals surface area (Å²) in [7, 11) is -3.94. The number of benzene rings is 3. The second-order valence-corrected chi connectivity index (χ2v) is 18.9. The highest BCUT2D eigenvalue weighted by Crippen LogP contribution is 2.56. The molecule has 3 aliphatic carbocycles. The SMILES string of the molecule is Cc1nn(COP(=O)(OC(C)(C)C)OC(C)(C)C)c(C)c1-c1ccc(NC(=O)C(NC(=O)OCC2c3ccccc3-c3ccccc32)C(C2CC2)C2CC2)cc1. The third-order valence-corrected chi connectivity index (χ3v) is 12.5. The summed E-state index contributed by atoms with van der Waals surface area (Å²) in [4.78, 5) is 27.6. The van der Waals surface area contributed by atoms with Crippen LogP contribution in [0.25, 0.3) is 22.3 Å². The molecule has 1 unspecified atom stereocenters. The predicted octanol–water partition coefficient (Wildman–Crippen LogP) is 10.2. The summed E-state index contributed by atoms with van der Waals surface area (Å²) in [6.07, 6.45) is 3.68. The number of amides is 2. The number of fused-ring (bicyclic) bond motifs is 3. The lowest BCUT2D eigenvalue weighted by Gasteiger charge is -2.30. The number of ether oxygens (including phenoxy) is 1. The number of carbonyl (C=O) groups is 2. The molecule has 2 fully saturated rings. The average Bonchev–Trinajstić information content (AvgIpc) is 4.06. The molecule has 2 N–H and O–H groups in total. The summed E-state index contributed by atoms with van der Waals surface area (Å²) in [5, 5.41) is 10.8. The lowest BCUT2D eigenvalue weighted by atomic mass is 9.88. The van der Waals surface area contributed by atoms with Crippen molar-refractivity contribution in [2.75, 3.05) is 11.9 Å². The molecule has 7 rings (SSSR count). The van der Waals surface area contributed by atoms with Crippen molar-refractivity contribution in [1.29, 1.82) is 0 Å². The lowest BCUT2D eigenvalue weighted by Crippen LogP contribution is -2.50. The van der Waals surface area contributed by atoms with E-state index in [2.05, 4.69) is 40.0 Å². The van der Waals surface area contributed by atoms with E-state index in [1.807, 2.05) is 62.4 Å². The smallest absolute Gasteiger partial charge is 0.449 e. The van der Waals surface area contributed by atoms with Gasteiger partial charge in [0.2, 0.25) is 5.91 Å². The molecule has 1 heterocycles. The summed E-state index contributed by atoms with van der Waals surface area (Å²) < 4.78 is 38.6. The van der Waals surface area contributed by atoms with E-state index in [0.29, 0.717) is 17.5 Å². The van der Waals surface area contributed by atoms with E-state index >= 15 is 0 Å². The molecule has 0 radical (unpaired) electrons. The average molecular weight is 783 g/mol. The molecule has 0 spiro atoms. The van der Waals surface area contributed by atoms with Crippen LogP contribution in [0, 0.1) is 31.6 Å². The van der Waals surface area contributed by atoms with Gasteiger partial charge in [-0.25, -0.2) is 14.0 Å². The molecule has 3 aromatic carbocycles. The Hall–Kier alpha value is -4.28. The van der Waals surface area contributed by atoms with Crippen LogP contribution in [0.4, 0.5) is 10.5 Å². The number of nitrogens with zero attached hydrogens (tertiary/aromatic N) is 2. The number of aromatic nitrogens is 2. The van der Waals surface area contributed by atoms with Crippen LogP contribution in [0.3, 0.4) is 0 Å². The first kappa shape index (κ1) is 39.9. The zero-order valence-electron chi connectivity index (χ0n) is 33.8. The third kappa shape index (κ3) is 9.29. The Morgan fingerprint density at radius 3 is 1.88 bits per heavy atom. The first-order chi connectivity index (χ1) is 26.5. The normalized spacial score (nSPS) is 16.4. The minimum atomic E-state index is -3.94. The maximum Gasteiger partial charge on any atom is 0.477 e. The monoisotopic (exact) mass is 782 g/mol. The van der Waals surface area contributed by atoms with Crippen LogP contribution in [0.1, 0.15) is 95.7 Å². The summed E-state index contributed by atoms with van der Waals surface area (Å²) in [6, 6.07) is 23.3. The van der Waals surface area contributed by atoms with Gasteiger partial charge >= 0.3 is 13.9 Å². The second-order valence-electron chi connectivity index (χ2n) is 17.4. The van der Waals surface area contributed by atoms with Crippen LogP contribution in [-0.2, 0) is 34.4 Å². The van der Waals surface area contributed by atoms with Crippen LogP contribution < -0.4 is 10.6 Å². The van der Waals surface area contributed by atoms with E-state index in [-0.39, 0.29) is 31.1 Å². The topological polar surface area (TPSA) is 130 Å². The first-order valence-electron chi connectivity index (χ1n) is 19.7. The number of carbonyl (C=O) groups excluding carboxylic acids is 2. The van der Waals surface area contributed by atoms with Gasteiger partial charge in [0.15, 0.2) is 6.73 Å². The molecule has 1 atom stereocenters. The maximum absolute atomic E-state index is 14.1. The fraction of sp³-hybridized carbons (Fsp3) is 0.477. The highest BCUT2D eigenvalue weighted by Gasteiger charge is 2.48. The van der Waals surface area contributed by atoms with Gasteiger partial charge in [-0.3, -0.25) is 18.4 Å². The molecule has 2 amide bonds. The number of hydrogen-bond acceptors (Lipinski definition) is 8. The zero-order chi connectivity index (χ0) is 40.0. The van der Waals surface area contributed by atoms with E-state index in [0.717, 1.165) is 70.5 Å². The van der Waals surface area contributed by atoms with Gasteiger partial charge in [-0.05, 0) is 139 Å². The third-order valence-electron chi connectivity index (χ3n) is 10.5. The van der Waals surface area contributed by atoms with Gasteiger partial charge < -0.3 is 15.4 Å². The molecule has 0 saturated heterocycles. The number of hydrogen-bond donors (Lipinski definition) is 2. The summed E-state index contributed by atoms with van der Waals surface area (Å²) >= 11 is 0. The van der Waals surface area contributed by atoms with Crippen molar-refractivity contribution in [3.8, 4) is 22.3 Å². The van der Waals surface area contributed by atoms with Crippen molar-refractivity contribution in [3.63, 3.8) is 0 Å². The summed E-state index contributed by atoms with van der Waals surface area (Å²) in [6.45, 7) is 14.6. The van der Waals surface area contributed by atoms with Crippen molar-refractivity contribution in [3.05, 3.63) is 95.3 Å². The van der Waals surface area contributed by atoms with Gasteiger partial charge in [0.1, 0.15) is 12.6 Å². The van der Waals surface area contributed by atoms with E-state index in [1.54, 1.807) is 46.2 Å². The van der Waals surface area contributed by atoms with Gasteiger partial charge in [0.05, 0.1) is 16.9 Å². The van der Waals surface area contributed by atoms with Gasteiger partial charge in [0, 0.05) is 22.9 Å². The van der Waals surface area contributed by atoms with Crippen molar-refractivity contribution in [1.82, 2.24) is 15.1 Å². The number of rotatable bonds is 14. The molecule has 0 aliphatic heterocycles. The van der Waals surface area contributed by atoms with E-state index < -0.39 is 31.2 Å². The molecular formula is C44H55N4O7P. The molecule has 3 aliphatic rings. The van der Waals surface area contributed by atoms with E-state index in [1.165, 1.54) is 0 Å². The molecular weight excluding hydrogens is 727 g/mol. The van der Waals surface area contributed by atoms with Crippen molar-refractivity contribution in [2.24, 2.45) is 17.8 Å². The van der Waals surface area contributed by atoms with Crippen LogP contribution in [0.2, 0.25) is 0 Å². The van der Waals surface area contributed by atoms with Crippen LogP contribution in [-0.4, -0.2) is 45.6 Å². The molecule has 12 heteroatoms. The Labute approximate surface area is 330 Å². The van der Waals surface area contributed by atoms with Crippen LogP contribution >= 0.6 is 7.82 Å². The Balaban J connectivity index is 1.03. The number of alkyl carbamates (subject to hydrolysis) is 1. The van der Waals surface area contributed by atoms with Crippen LogP contribution in [0.5, 0.6) is 0 Å². The Morgan fingerprint density at radius 1 is 0.821 bits per heavy atom. The van der Waals surface area contributed by atoms with Gasteiger partial charge in [0.25, 0.3) is 0 Å². The van der Waals surface area contributed by atoms with Gasteiger partial charge in [-0.15, -0.1) is 0 Å². The molecule has 4 aromatic rings. The molecule has 0 bridgehead atoms.